The van der Waals surface area contributed by atoms with E-state index in [1.165, 1.54) is 25.5 Å². The highest BCUT2D eigenvalue weighted by atomic mass is 16.5. The van der Waals surface area contributed by atoms with Gasteiger partial charge in [-0.1, -0.05) is 17.9 Å². The van der Waals surface area contributed by atoms with E-state index >= 15 is 0 Å². The first-order valence-electron chi connectivity index (χ1n) is 3.48. The summed E-state index contributed by atoms with van der Waals surface area (Å²) in [4.78, 5) is 0. The average Bonchev–Trinajstić information content (AvgIpc) is 2.33. The number of hydrogen-bond acceptors (Lipinski definition) is 1. The fourth-order valence-electron chi connectivity index (χ4n) is 1.49. The van der Waals surface area contributed by atoms with Crippen LogP contribution in [0.25, 0.3) is 0 Å². The minimum absolute atomic E-state index is 0.440. The van der Waals surface area contributed by atoms with Gasteiger partial charge in [0, 0.05) is 0 Å². The van der Waals surface area contributed by atoms with Crippen LogP contribution in [-0.2, 0) is 4.74 Å². The minimum Gasteiger partial charge on any atom is -0.495 e. The number of allylic oxidation sites excluding steroid dienone is 2. The molecule has 1 unspecified atom stereocenters. The van der Waals surface area contributed by atoms with Crippen molar-refractivity contribution in [2.75, 3.05) is 0 Å². The summed E-state index contributed by atoms with van der Waals surface area (Å²) in [7, 11) is 1.25. The molecule has 0 spiro atoms. The van der Waals surface area contributed by atoms with Gasteiger partial charge in [-0.2, -0.15) is 0 Å². The van der Waals surface area contributed by atoms with Gasteiger partial charge >= 0.3 is 0 Å². The van der Waals surface area contributed by atoms with Gasteiger partial charge in [-0.3, -0.25) is 0 Å². The Morgan fingerprint density at radius 2 is 2.67 bits per heavy atom. The minimum atomic E-state index is 0.440. The first-order chi connectivity index (χ1) is 4.47. The van der Waals surface area contributed by atoms with E-state index in [1.54, 1.807) is 6.26 Å². The van der Waals surface area contributed by atoms with Crippen LogP contribution >= 0.6 is 0 Å². The molecule has 0 N–H and O–H groups in total. The molecule has 2 aliphatic rings. The summed E-state index contributed by atoms with van der Waals surface area (Å²) in [5.74, 6) is 0. The lowest BCUT2D eigenvalue weighted by Gasteiger charge is -2.14. The van der Waals surface area contributed by atoms with Crippen LogP contribution < -0.4 is 0 Å². The molecule has 0 saturated carbocycles. The van der Waals surface area contributed by atoms with Crippen molar-refractivity contribution < 1.29 is 4.74 Å². The van der Waals surface area contributed by atoms with Crippen molar-refractivity contribution in [3.8, 4) is 0 Å². The monoisotopic (exact) mass is 120 g/mol. The Labute approximate surface area is 55.6 Å². The van der Waals surface area contributed by atoms with Crippen molar-refractivity contribution in [1.29, 1.82) is 0 Å². The largest absolute Gasteiger partial charge is 0.495 e. The van der Waals surface area contributed by atoms with E-state index in [0.717, 1.165) is 0 Å². The molecular formula is C7H9BO. The molecule has 2 heterocycles. The highest BCUT2D eigenvalue weighted by molar-refractivity contribution is 6.47. The maximum Gasteiger partial charge on any atom is 0.157 e. The number of fused-ring (bicyclic) bond motifs is 1. The molecule has 9 heavy (non-hydrogen) atoms. The molecule has 1 fully saturated rings. The topological polar surface area (TPSA) is 9.23 Å². The number of hydrogen-bond donors (Lipinski definition) is 0. The molecule has 0 bridgehead atoms. The summed E-state index contributed by atoms with van der Waals surface area (Å²) in [6, 6.07) is 0. The zero-order valence-electron chi connectivity index (χ0n) is 5.34. The normalized spacial score (nSPS) is 30.2. The molecule has 1 nitrogen and oxygen atoms in total. The zero-order chi connectivity index (χ0) is 6.10. The van der Waals surface area contributed by atoms with Crippen molar-refractivity contribution in [2.24, 2.45) is 0 Å². The molecule has 0 amide bonds. The van der Waals surface area contributed by atoms with Crippen LogP contribution in [0, 0.1) is 0 Å². The van der Waals surface area contributed by atoms with Gasteiger partial charge in [0.25, 0.3) is 0 Å². The van der Waals surface area contributed by atoms with Crippen molar-refractivity contribution in [3.63, 3.8) is 0 Å². The predicted octanol–water partition coefficient (Wildman–Crippen LogP) is 1.04. The Hall–Kier alpha value is -0.655. The Kier molecular flexibility index (Phi) is 1.11. The Morgan fingerprint density at radius 1 is 1.67 bits per heavy atom. The van der Waals surface area contributed by atoms with E-state index in [4.69, 9.17) is 4.74 Å². The van der Waals surface area contributed by atoms with Gasteiger partial charge in [-0.05, 0) is 12.5 Å². The molecule has 46 valence electrons. The van der Waals surface area contributed by atoms with Crippen molar-refractivity contribution in [1.82, 2.24) is 0 Å². The van der Waals surface area contributed by atoms with Gasteiger partial charge in [-0.15, -0.1) is 0 Å². The fourth-order valence-corrected chi connectivity index (χ4v) is 1.49. The molecular weight excluding hydrogens is 111 g/mol. The second kappa shape index (κ2) is 1.94. The molecule has 0 aromatic rings. The molecule has 0 aliphatic carbocycles. The van der Waals surface area contributed by atoms with E-state index in [9.17, 15) is 0 Å². The highest BCUT2D eigenvalue weighted by Crippen LogP contribution is 2.24. The first kappa shape index (κ1) is 5.16. The van der Waals surface area contributed by atoms with Crippen LogP contribution in [0.4, 0.5) is 0 Å². The second-order valence-electron chi connectivity index (χ2n) is 2.59. The summed E-state index contributed by atoms with van der Waals surface area (Å²) in [5, 5.41) is 0. The van der Waals surface area contributed by atoms with Gasteiger partial charge in [-0.25, -0.2) is 0 Å². The van der Waals surface area contributed by atoms with Gasteiger partial charge in [0.1, 0.15) is 6.10 Å². The lowest BCUT2D eigenvalue weighted by molar-refractivity contribution is 0.181. The van der Waals surface area contributed by atoms with Crippen molar-refractivity contribution >= 4 is 7.28 Å². The van der Waals surface area contributed by atoms with E-state index < -0.39 is 0 Å². The van der Waals surface area contributed by atoms with Gasteiger partial charge in [0.2, 0.25) is 0 Å². The molecule has 2 rings (SSSR count). The van der Waals surface area contributed by atoms with Crippen LogP contribution in [0.2, 0.25) is 6.32 Å². The van der Waals surface area contributed by atoms with Crippen molar-refractivity contribution in [3.05, 3.63) is 23.9 Å². The maximum atomic E-state index is 5.35. The summed E-state index contributed by atoms with van der Waals surface area (Å²) in [6.07, 6.45) is 8.92. The van der Waals surface area contributed by atoms with E-state index in [0.29, 0.717) is 6.10 Å². The maximum absolute atomic E-state index is 5.35. The molecule has 0 radical (unpaired) electrons. The van der Waals surface area contributed by atoms with Gasteiger partial charge in [0.05, 0.1) is 6.26 Å². The fraction of sp³-hybridized carbons (Fsp3) is 0.429. The summed E-state index contributed by atoms with van der Waals surface area (Å²) >= 11 is 0. The Bertz CT molecular complexity index is 172. The molecule has 0 aromatic heterocycles. The van der Waals surface area contributed by atoms with Crippen LogP contribution in [0.5, 0.6) is 0 Å². The van der Waals surface area contributed by atoms with Crippen LogP contribution in [0.15, 0.2) is 23.9 Å². The highest BCUT2D eigenvalue weighted by Gasteiger charge is 2.22. The first-order valence-corrected chi connectivity index (χ1v) is 3.48. The lowest BCUT2D eigenvalue weighted by Crippen LogP contribution is -2.09. The molecule has 2 aliphatic heterocycles. The van der Waals surface area contributed by atoms with Crippen LogP contribution in [-0.4, -0.2) is 13.4 Å². The summed E-state index contributed by atoms with van der Waals surface area (Å²) in [6.45, 7) is 0. The third kappa shape index (κ3) is 0.785. The number of ether oxygens (including phenoxy) is 1. The van der Waals surface area contributed by atoms with Crippen LogP contribution in [0.1, 0.15) is 6.42 Å². The number of rotatable bonds is 0. The summed E-state index contributed by atoms with van der Waals surface area (Å²) in [5.41, 5.74) is 1.48. The standard InChI is InChI=1S/C7H9BO/c1-2-6-7(9-5-1)3-4-8-6/h1-2,5,7-8H,3-4H2. The van der Waals surface area contributed by atoms with Crippen molar-refractivity contribution in [2.45, 2.75) is 18.8 Å². The zero-order valence-corrected chi connectivity index (χ0v) is 5.34. The molecule has 1 atom stereocenters. The second-order valence-corrected chi connectivity index (χ2v) is 2.59. The Balaban J connectivity index is 2.23. The predicted molar refractivity (Wildman–Crippen MR) is 38.7 cm³/mol. The third-order valence-corrected chi connectivity index (χ3v) is 1.98. The molecule has 2 heteroatoms. The molecule has 1 saturated heterocycles. The van der Waals surface area contributed by atoms with E-state index in [2.05, 4.69) is 6.08 Å². The quantitative estimate of drug-likeness (QED) is 0.434. The van der Waals surface area contributed by atoms with E-state index in [1.807, 2.05) is 6.08 Å². The lowest BCUT2D eigenvalue weighted by atomic mass is 9.72. The van der Waals surface area contributed by atoms with Gasteiger partial charge in [0.15, 0.2) is 7.28 Å². The molecule has 0 aromatic carbocycles. The van der Waals surface area contributed by atoms with E-state index in [-0.39, 0.29) is 0 Å². The smallest absolute Gasteiger partial charge is 0.157 e. The SMILES string of the molecule is B1CCC2OC=CC=C12. The average molecular weight is 120 g/mol. The van der Waals surface area contributed by atoms with Gasteiger partial charge < -0.3 is 4.74 Å². The van der Waals surface area contributed by atoms with Crippen LogP contribution in [0.3, 0.4) is 0 Å². The summed E-state index contributed by atoms with van der Waals surface area (Å²) < 4.78 is 5.35. The Morgan fingerprint density at radius 3 is 3.56 bits per heavy atom. The third-order valence-electron chi connectivity index (χ3n) is 1.98.